The number of hydrogen-bond acceptors (Lipinski definition) is 6. The molecule has 1 aliphatic rings. The van der Waals surface area contributed by atoms with E-state index in [0.29, 0.717) is 36.7 Å². The highest BCUT2D eigenvalue weighted by molar-refractivity contribution is 5.99. The van der Waals surface area contributed by atoms with E-state index in [0.717, 1.165) is 78.5 Å². The van der Waals surface area contributed by atoms with Crippen LogP contribution in [0.5, 0.6) is 0 Å². The largest absolute Gasteiger partial charge is 0.351 e. The van der Waals surface area contributed by atoms with Gasteiger partial charge in [-0.2, -0.15) is 5.10 Å². The lowest BCUT2D eigenvalue weighted by molar-refractivity contribution is -0.130. The number of carbonyl (C=O) groups excluding carboxylic acids is 3. The van der Waals surface area contributed by atoms with Crippen molar-refractivity contribution in [3.63, 3.8) is 0 Å². The Bertz CT molecular complexity index is 1690. The SMILES string of the molecule is CCN(CC)CCNC(=O)c1ccc(-c2ccc(C[C@H](NC(=O)C3CCC(CN)CC3)C(=O)Nc3ccc4cn[nH]c4c3)cc2)c(C)c1. The molecular formula is C38H49N7O3. The molecule has 1 aliphatic carbocycles. The lowest BCUT2D eigenvalue weighted by Crippen LogP contribution is -2.48. The standard InChI is InChI=1S/C38H49N7O3/c1-4-45(5-2)19-18-40-36(46)30-15-17-33(25(3)20-30)28-10-6-26(7-11-28)21-35(43-37(47)29-12-8-27(23-39)9-13-29)38(48)42-32-16-14-31-24-41-44-34(31)22-32/h6-7,10-11,14-17,20,22,24,27,29,35H,4-5,8-9,12-13,18-19,21,23,39H2,1-3H3,(H,40,46)(H,41,44)(H,42,48)(H,43,47)/t27?,29?,35-/m0/s1. The average Bonchev–Trinajstić information content (AvgIpc) is 3.58. The molecule has 4 aromatic rings. The number of H-pyrrole nitrogens is 1. The molecule has 3 amide bonds. The van der Waals surface area contributed by atoms with Crippen molar-refractivity contribution >= 4 is 34.3 Å². The molecule has 1 fully saturated rings. The van der Waals surface area contributed by atoms with Crippen LogP contribution in [0, 0.1) is 18.8 Å². The number of aryl methyl sites for hydroxylation is 1. The smallest absolute Gasteiger partial charge is 0.251 e. The minimum absolute atomic E-state index is 0.0737. The van der Waals surface area contributed by atoms with Gasteiger partial charge in [0.1, 0.15) is 6.04 Å². The fourth-order valence-corrected chi connectivity index (χ4v) is 6.56. The Kier molecular flexibility index (Phi) is 12.0. The third kappa shape index (κ3) is 8.87. The van der Waals surface area contributed by atoms with Gasteiger partial charge in [0.2, 0.25) is 11.8 Å². The van der Waals surface area contributed by atoms with Gasteiger partial charge in [-0.1, -0.05) is 44.2 Å². The van der Waals surface area contributed by atoms with Gasteiger partial charge in [-0.3, -0.25) is 19.5 Å². The molecular weight excluding hydrogens is 602 g/mol. The van der Waals surface area contributed by atoms with E-state index < -0.39 is 6.04 Å². The van der Waals surface area contributed by atoms with Gasteiger partial charge in [0.05, 0.1) is 11.7 Å². The zero-order valence-corrected chi connectivity index (χ0v) is 28.4. The number of amides is 3. The van der Waals surface area contributed by atoms with E-state index in [2.05, 4.69) is 44.9 Å². The van der Waals surface area contributed by atoms with Gasteiger partial charge in [-0.25, -0.2) is 0 Å². The summed E-state index contributed by atoms with van der Waals surface area (Å²) >= 11 is 0. The van der Waals surface area contributed by atoms with Gasteiger partial charge < -0.3 is 26.6 Å². The van der Waals surface area contributed by atoms with Crippen molar-refractivity contribution in [1.29, 1.82) is 0 Å². The summed E-state index contributed by atoms with van der Waals surface area (Å²) in [7, 11) is 0. The predicted octanol–water partition coefficient (Wildman–Crippen LogP) is 5.04. The molecule has 1 aromatic heterocycles. The van der Waals surface area contributed by atoms with Crippen LogP contribution >= 0.6 is 0 Å². The maximum absolute atomic E-state index is 13.7. The molecule has 1 saturated carbocycles. The first-order chi connectivity index (χ1) is 23.3. The maximum Gasteiger partial charge on any atom is 0.251 e. The van der Waals surface area contributed by atoms with E-state index in [1.54, 1.807) is 6.20 Å². The first kappa shape index (κ1) is 34.8. The fourth-order valence-electron chi connectivity index (χ4n) is 6.56. The van der Waals surface area contributed by atoms with Crippen molar-refractivity contribution in [2.45, 2.75) is 58.9 Å². The Labute approximate surface area is 283 Å². The van der Waals surface area contributed by atoms with Crippen molar-refractivity contribution in [2.75, 3.05) is 38.0 Å². The number of hydrogen-bond donors (Lipinski definition) is 5. The predicted molar refractivity (Wildman–Crippen MR) is 192 cm³/mol. The van der Waals surface area contributed by atoms with Crippen molar-refractivity contribution in [3.8, 4) is 11.1 Å². The molecule has 10 heteroatoms. The van der Waals surface area contributed by atoms with Crippen LogP contribution in [0.3, 0.4) is 0 Å². The van der Waals surface area contributed by atoms with E-state index in [-0.39, 0.29) is 23.6 Å². The normalized spacial score (nSPS) is 16.9. The second-order valence-electron chi connectivity index (χ2n) is 12.9. The molecule has 3 aromatic carbocycles. The zero-order chi connectivity index (χ0) is 34.0. The highest BCUT2D eigenvalue weighted by Gasteiger charge is 2.29. The summed E-state index contributed by atoms with van der Waals surface area (Å²) in [6.45, 7) is 10.2. The van der Waals surface area contributed by atoms with E-state index in [4.69, 9.17) is 5.73 Å². The number of likely N-dealkylation sites (N-methyl/N-ethyl adjacent to an activating group) is 1. The Morgan fingerprint density at radius 1 is 0.979 bits per heavy atom. The number of aromatic amines is 1. The van der Waals surface area contributed by atoms with Crippen molar-refractivity contribution in [2.24, 2.45) is 17.6 Å². The number of carbonyl (C=O) groups is 3. The number of nitrogens with zero attached hydrogens (tertiary/aromatic N) is 2. The molecule has 0 unspecified atom stereocenters. The second kappa shape index (κ2) is 16.5. The minimum atomic E-state index is -0.755. The quantitative estimate of drug-likeness (QED) is 0.129. The van der Waals surface area contributed by atoms with Crippen molar-refractivity contribution in [3.05, 3.63) is 83.6 Å². The molecule has 0 aliphatic heterocycles. The van der Waals surface area contributed by atoms with E-state index in [1.165, 1.54) is 0 Å². The summed E-state index contributed by atoms with van der Waals surface area (Å²) in [6.07, 6.45) is 5.49. The van der Waals surface area contributed by atoms with Crippen LogP contribution < -0.4 is 21.7 Å². The Morgan fingerprint density at radius 3 is 2.42 bits per heavy atom. The second-order valence-corrected chi connectivity index (χ2v) is 12.9. The van der Waals surface area contributed by atoms with Crippen molar-refractivity contribution in [1.82, 2.24) is 25.7 Å². The molecule has 0 radical (unpaired) electrons. The first-order valence-electron chi connectivity index (χ1n) is 17.2. The first-order valence-corrected chi connectivity index (χ1v) is 17.2. The van der Waals surface area contributed by atoms with Crippen LogP contribution in [0.2, 0.25) is 0 Å². The maximum atomic E-state index is 13.7. The molecule has 6 N–H and O–H groups in total. The average molecular weight is 652 g/mol. The molecule has 0 spiro atoms. The van der Waals surface area contributed by atoms with Crippen LogP contribution in [0.25, 0.3) is 22.0 Å². The van der Waals surface area contributed by atoms with Crippen LogP contribution in [0.15, 0.2) is 66.9 Å². The van der Waals surface area contributed by atoms with Gasteiger partial charge >= 0.3 is 0 Å². The molecule has 10 nitrogen and oxygen atoms in total. The van der Waals surface area contributed by atoms with E-state index >= 15 is 0 Å². The number of aromatic nitrogens is 2. The summed E-state index contributed by atoms with van der Waals surface area (Å²) in [5.41, 5.74) is 11.9. The van der Waals surface area contributed by atoms with Gasteiger partial charge in [0.25, 0.3) is 5.91 Å². The summed E-state index contributed by atoms with van der Waals surface area (Å²) in [5, 5.41) is 17.0. The summed E-state index contributed by atoms with van der Waals surface area (Å²) < 4.78 is 0. The number of benzene rings is 3. The summed E-state index contributed by atoms with van der Waals surface area (Å²) in [5.74, 6) is -0.0934. The number of anilines is 1. The van der Waals surface area contributed by atoms with E-state index in [1.807, 2.05) is 67.6 Å². The van der Waals surface area contributed by atoms with Crippen LogP contribution in [0.4, 0.5) is 5.69 Å². The monoisotopic (exact) mass is 651 g/mol. The number of rotatable bonds is 14. The van der Waals surface area contributed by atoms with Gasteiger partial charge in [0.15, 0.2) is 0 Å². The summed E-state index contributed by atoms with van der Waals surface area (Å²) in [4.78, 5) is 42.1. The fraction of sp³-hybridized carbons (Fsp3) is 0.421. The lowest BCUT2D eigenvalue weighted by Gasteiger charge is -2.28. The van der Waals surface area contributed by atoms with Gasteiger partial charge in [0, 0.05) is 42.1 Å². The highest BCUT2D eigenvalue weighted by Crippen LogP contribution is 2.29. The number of nitrogens with two attached hydrogens (primary N) is 1. The van der Waals surface area contributed by atoms with E-state index in [9.17, 15) is 14.4 Å². The summed E-state index contributed by atoms with van der Waals surface area (Å²) in [6, 6.07) is 18.6. The van der Waals surface area contributed by atoms with Crippen LogP contribution in [0.1, 0.15) is 61.0 Å². The third-order valence-electron chi connectivity index (χ3n) is 9.69. The Hall–Kier alpha value is -4.54. The van der Waals surface area contributed by atoms with Crippen LogP contribution in [-0.2, 0) is 16.0 Å². The Balaban J connectivity index is 1.26. The van der Waals surface area contributed by atoms with Gasteiger partial charge in [-0.05, 0) is 111 Å². The molecule has 1 heterocycles. The molecule has 0 bridgehead atoms. The molecule has 5 rings (SSSR count). The highest BCUT2D eigenvalue weighted by atomic mass is 16.2. The number of nitrogens with one attached hydrogen (secondary N) is 4. The number of fused-ring (bicyclic) bond motifs is 1. The lowest BCUT2D eigenvalue weighted by atomic mass is 9.81. The minimum Gasteiger partial charge on any atom is -0.351 e. The molecule has 1 atom stereocenters. The topological polar surface area (TPSA) is 145 Å². The van der Waals surface area contributed by atoms with Gasteiger partial charge in [-0.15, -0.1) is 0 Å². The molecule has 0 saturated heterocycles. The van der Waals surface area contributed by atoms with Crippen molar-refractivity contribution < 1.29 is 14.4 Å². The van der Waals surface area contributed by atoms with Crippen LogP contribution in [-0.4, -0.2) is 71.6 Å². The molecule has 254 valence electrons. The third-order valence-corrected chi connectivity index (χ3v) is 9.69. The zero-order valence-electron chi connectivity index (χ0n) is 28.4. The molecule has 48 heavy (non-hydrogen) atoms. The Morgan fingerprint density at radius 2 is 1.73 bits per heavy atom.